The van der Waals surface area contributed by atoms with Crippen molar-refractivity contribution in [2.75, 3.05) is 18.9 Å². The standard InChI is InChI=1S/C21H24N8O12P2S/c22-16-8-1-2-28(18(8)26-6-24-16)20-13(31)14-10(39-20)4-36-42(33,34)40-15-12(30)9(3-37-43(35,44)41-14)38-21(15)29-7-27-17-11(19(29)32)23-5-25-17/h1-2,5-7,9-10,12-15,20-21,30-31H,3-4H2,(H,23,25)(H,33,34)(H,35,44)(H2,22,24,26)/t9-,10-,12-,13-,14-,15-,20-,21-,43?/m1/s1. The van der Waals surface area contributed by atoms with Gasteiger partial charge in [-0.15, -0.1) is 0 Å². The zero-order valence-corrected chi connectivity index (χ0v) is 24.6. The molecule has 7 rings (SSSR count). The highest BCUT2D eigenvalue weighted by Crippen LogP contribution is 2.53. The molecular formula is C21H24N8O12P2S. The average Bonchev–Trinajstić information content (AvgIpc) is 3.74. The second kappa shape index (κ2) is 11.0. The number of imidazole rings is 1. The number of fused-ring (bicyclic) bond motifs is 5. The van der Waals surface area contributed by atoms with E-state index in [1.54, 1.807) is 6.07 Å². The van der Waals surface area contributed by atoms with Crippen molar-refractivity contribution in [2.45, 2.75) is 49.1 Å². The Kier molecular flexibility index (Phi) is 7.45. The van der Waals surface area contributed by atoms with Gasteiger partial charge in [-0.2, -0.15) is 0 Å². The van der Waals surface area contributed by atoms with Crippen molar-refractivity contribution >= 4 is 54.4 Å². The van der Waals surface area contributed by atoms with Gasteiger partial charge in [-0.05, 0) is 17.9 Å². The van der Waals surface area contributed by atoms with Gasteiger partial charge in [0, 0.05) is 6.20 Å². The first kappa shape index (κ1) is 29.9. The van der Waals surface area contributed by atoms with Gasteiger partial charge in [0.2, 0.25) is 0 Å². The number of anilines is 1. The van der Waals surface area contributed by atoms with E-state index < -0.39 is 82.4 Å². The molecule has 20 nitrogen and oxygen atoms in total. The van der Waals surface area contributed by atoms with Crippen molar-refractivity contribution in [1.29, 1.82) is 0 Å². The average molecular weight is 674 g/mol. The molecule has 10 atom stereocenters. The van der Waals surface area contributed by atoms with E-state index in [4.69, 9.17) is 45.1 Å². The van der Waals surface area contributed by atoms with E-state index in [1.165, 1.54) is 23.4 Å². The highest BCUT2D eigenvalue weighted by molar-refractivity contribution is 8.07. The molecule has 0 radical (unpaired) electrons. The van der Waals surface area contributed by atoms with Gasteiger partial charge in [0.25, 0.3) is 5.56 Å². The zero-order valence-electron chi connectivity index (χ0n) is 22.0. The van der Waals surface area contributed by atoms with Crippen LogP contribution >= 0.6 is 14.5 Å². The Morgan fingerprint density at radius 1 is 0.977 bits per heavy atom. The van der Waals surface area contributed by atoms with Gasteiger partial charge in [-0.1, -0.05) is 0 Å². The van der Waals surface area contributed by atoms with E-state index in [0.717, 1.165) is 10.9 Å². The summed E-state index contributed by atoms with van der Waals surface area (Å²) >= 11 is 5.17. The summed E-state index contributed by atoms with van der Waals surface area (Å²) in [5, 5.41) is 22.7. The van der Waals surface area contributed by atoms with Gasteiger partial charge in [0.1, 0.15) is 60.7 Å². The molecule has 23 heteroatoms. The summed E-state index contributed by atoms with van der Waals surface area (Å²) in [6.45, 7) is -5.54. The molecule has 7 N–H and O–H groups in total. The largest absolute Gasteiger partial charge is 0.472 e. The first-order valence-corrected chi connectivity index (χ1v) is 17.0. The van der Waals surface area contributed by atoms with Gasteiger partial charge in [-0.3, -0.25) is 22.9 Å². The topological polar surface area (TPSA) is 274 Å². The molecule has 4 aromatic rings. The van der Waals surface area contributed by atoms with Gasteiger partial charge in [-0.25, -0.2) is 24.5 Å². The molecule has 2 bridgehead atoms. The van der Waals surface area contributed by atoms with Gasteiger partial charge >= 0.3 is 14.5 Å². The molecule has 236 valence electrons. The number of aromatic amines is 1. The van der Waals surface area contributed by atoms with Crippen molar-refractivity contribution in [3.8, 4) is 0 Å². The first-order valence-electron chi connectivity index (χ1n) is 12.9. The van der Waals surface area contributed by atoms with Crippen LogP contribution in [-0.4, -0.2) is 104 Å². The van der Waals surface area contributed by atoms with Crippen LogP contribution in [0.25, 0.3) is 22.2 Å². The van der Waals surface area contributed by atoms with E-state index in [9.17, 15) is 29.4 Å². The van der Waals surface area contributed by atoms with E-state index in [1.807, 2.05) is 0 Å². The summed E-state index contributed by atoms with van der Waals surface area (Å²) < 4.78 is 48.9. The number of aliphatic hydroxyl groups is 2. The van der Waals surface area contributed by atoms with Gasteiger partial charge < -0.3 is 49.3 Å². The van der Waals surface area contributed by atoms with Crippen molar-refractivity contribution < 1.29 is 52.1 Å². The molecule has 3 aliphatic rings. The van der Waals surface area contributed by atoms with Crippen LogP contribution in [0.2, 0.25) is 0 Å². The minimum atomic E-state index is -5.05. The number of nitrogen functional groups attached to an aromatic ring is 1. The number of ether oxygens (including phenoxy) is 2. The lowest BCUT2D eigenvalue weighted by atomic mass is 10.1. The van der Waals surface area contributed by atoms with E-state index in [0.29, 0.717) is 11.0 Å². The molecule has 0 amide bonds. The van der Waals surface area contributed by atoms with Crippen LogP contribution in [0.3, 0.4) is 0 Å². The molecule has 0 aromatic carbocycles. The summed E-state index contributed by atoms with van der Waals surface area (Å²) in [6.07, 6.45) is -6.63. The molecule has 44 heavy (non-hydrogen) atoms. The lowest BCUT2D eigenvalue weighted by Gasteiger charge is -2.27. The Morgan fingerprint density at radius 3 is 2.57 bits per heavy atom. The van der Waals surface area contributed by atoms with Gasteiger partial charge in [0.05, 0.1) is 24.9 Å². The Bertz CT molecular complexity index is 1890. The third kappa shape index (κ3) is 5.18. The molecule has 3 fully saturated rings. The second-order valence-corrected chi connectivity index (χ2v) is 14.3. The Balaban J connectivity index is 1.20. The summed E-state index contributed by atoms with van der Waals surface area (Å²) in [4.78, 5) is 53.4. The quantitative estimate of drug-likeness (QED) is 0.136. The van der Waals surface area contributed by atoms with Crippen LogP contribution in [0, 0.1) is 0 Å². The van der Waals surface area contributed by atoms with Crippen LogP contribution in [0.15, 0.2) is 36.0 Å². The van der Waals surface area contributed by atoms with E-state index >= 15 is 0 Å². The first-order chi connectivity index (χ1) is 20.9. The highest BCUT2D eigenvalue weighted by Gasteiger charge is 2.53. The normalized spacial score (nSPS) is 38.3. The maximum absolute atomic E-state index is 13.2. The molecule has 2 unspecified atom stereocenters. The number of phosphoric ester groups is 1. The molecule has 7 heterocycles. The van der Waals surface area contributed by atoms with Crippen molar-refractivity contribution in [2.24, 2.45) is 0 Å². The lowest BCUT2D eigenvalue weighted by Crippen LogP contribution is -2.37. The van der Waals surface area contributed by atoms with Crippen LogP contribution in [-0.2, 0) is 43.9 Å². The fourth-order valence-electron chi connectivity index (χ4n) is 5.33. The number of nitrogens with zero attached hydrogens (tertiary/aromatic N) is 6. The number of rotatable bonds is 2. The molecule has 3 aliphatic heterocycles. The summed E-state index contributed by atoms with van der Waals surface area (Å²) in [5.41, 5.74) is 5.65. The number of phosphoric acid groups is 1. The lowest BCUT2D eigenvalue weighted by molar-refractivity contribution is -0.0665. The number of hydrogen-bond acceptors (Lipinski definition) is 16. The summed E-state index contributed by atoms with van der Waals surface area (Å²) in [6, 6.07) is 1.60. The SMILES string of the molecule is Nc1ncnc2c1ccn2[C@@H]1O[C@@H]2COP(=O)(O)O[C@@H]3[C@H](O)[C@@H](COP(O)(=S)O[C@H]2[C@H]1O)O[C@H]3n1cnc2nc[nH]c2c1=O. The Labute approximate surface area is 250 Å². The fourth-order valence-corrected chi connectivity index (χ4v) is 7.71. The number of nitrogens with two attached hydrogens (primary N) is 1. The van der Waals surface area contributed by atoms with Crippen LogP contribution in [0.1, 0.15) is 12.5 Å². The van der Waals surface area contributed by atoms with Crippen LogP contribution in [0.5, 0.6) is 0 Å². The predicted octanol–water partition coefficient (Wildman–Crippen LogP) is -1.20. The maximum Gasteiger partial charge on any atom is 0.472 e. The second-order valence-electron chi connectivity index (χ2n) is 10.1. The van der Waals surface area contributed by atoms with Gasteiger partial charge in [0.15, 0.2) is 23.6 Å². The fraction of sp³-hybridized carbons (Fsp3) is 0.476. The van der Waals surface area contributed by atoms with E-state index in [2.05, 4.69) is 24.9 Å². The number of aliphatic hydroxyl groups excluding tert-OH is 2. The molecule has 4 aromatic heterocycles. The third-order valence-electron chi connectivity index (χ3n) is 7.40. The Hall–Kier alpha value is -2.75. The number of nitrogens with one attached hydrogen (secondary N) is 1. The number of hydrogen-bond donors (Lipinski definition) is 6. The van der Waals surface area contributed by atoms with Crippen molar-refractivity contribution in [1.82, 2.24) is 34.1 Å². The molecule has 0 spiro atoms. The van der Waals surface area contributed by atoms with Crippen LogP contribution < -0.4 is 11.3 Å². The van der Waals surface area contributed by atoms with E-state index in [-0.39, 0.29) is 17.0 Å². The molecular weight excluding hydrogens is 650 g/mol. The molecule has 0 aliphatic carbocycles. The smallest absolute Gasteiger partial charge is 0.387 e. The summed E-state index contributed by atoms with van der Waals surface area (Å²) in [5.74, 6) is 0.181. The maximum atomic E-state index is 13.2. The monoisotopic (exact) mass is 674 g/mol. The summed E-state index contributed by atoms with van der Waals surface area (Å²) in [7, 11) is -5.05. The van der Waals surface area contributed by atoms with Crippen molar-refractivity contribution in [3.05, 3.63) is 41.6 Å². The third-order valence-corrected chi connectivity index (χ3v) is 9.94. The Morgan fingerprint density at radius 2 is 1.75 bits per heavy atom. The number of aromatic nitrogens is 7. The zero-order chi connectivity index (χ0) is 31.0. The minimum absolute atomic E-state index is 0.00305. The highest BCUT2D eigenvalue weighted by atomic mass is 32.5. The van der Waals surface area contributed by atoms with Crippen molar-refractivity contribution in [3.63, 3.8) is 0 Å². The van der Waals surface area contributed by atoms with Crippen LogP contribution in [0.4, 0.5) is 5.82 Å². The number of H-pyrrole nitrogens is 1. The predicted molar refractivity (Wildman–Crippen MR) is 148 cm³/mol. The molecule has 3 saturated heterocycles. The molecule has 0 saturated carbocycles. The minimum Gasteiger partial charge on any atom is -0.387 e.